The summed E-state index contributed by atoms with van der Waals surface area (Å²) in [7, 11) is 4.69. The summed E-state index contributed by atoms with van der Waals surface area (Å²) in [5, 5.41) is 2.94. The van der Waals surface area contributed by atoms with E-state index >= 15 is 0 Å². The van der Waals surface area contributed by atoms with Crippen molar-refractivity contribution < 1.29 is 19.0 Å². The first-order valence-corrected chi connectivity index (χ1v) is 6.73. The molecule has 21 heavy (non-hydrogen) atoms. The second kappa shape index (κ2) is 7.98. The molecule has 0 aromatic heterocycles. The van der Waals surface area contributed by atoms with Gasteiger partial charge in [0.1, 0.15) is 0 Å². The van der Waals surface area contributed by atoms with Crippen molar-refractivity contribution in [2.24, 2.45) is 5.92 Å². The fraction of sp³-hybridized carbons (Fsp3) is 0.533. The summed E-state index contributed by atoms with van der Waals surface area (Å²) in [6.07, 6.45) is 2.76. The zero-order chi connectivity index (χ0) is 14.5. The number of carbonyl (C=O) groups excluding carboxylic acids is 1. The van der Waals surface area contributed by atoms with E-state index in [9.17, 15) is 4.79 Å². The number of rotatable bonds is 7. The maximum absolute atomic E-state index is 11.9. The molecule has 0 bridgehead atoms. The van der Waals surface area contributed by atoms with Gasteiger partial charge >= 0.3 is 0 Å². The van der Waals surface area contributed by atoms with E-state index in [1.807, 2.05) is 0 Å². The van der Waals surface area contributed by atoms with Gasteiger partial charge in [-0.1, -0.05) is 0 Å². The third-order valence-electron chi connectivity index (χ3n) is 3.37. The topological polar surface area (TPSA) is 56.8 Å². The van der Waals surface area contributed by atoms with Crippen LogP contribution in [0, 0.1) is 5.92 Å². The van der Waals surface area contributed by atoms with E-state index in [-0.39, 0.29) is 18.3 Å². The van der Waals surface area contributed by atoms with E-state index < -0.39 is 0 Å². The highest BCUT2D eigenvalue weighted by molar-refractivity contribution is 5.85. The summed E-state index contributed by atoms with van der Waals surface area (Å²) in [4.78, 5) is 11.9. The lowest BCUT2D eigenvalue weighted by Gasteiger charge is -2.14. The summed E-state index contributed by atoms with van der Waals surface area (Å²) in [6.45, 7) is 0.781. The molecule has 1 aliphatic rings. The van der Waals surface area contributed by atoms with Crippen molar-refractivity contribution in [3.05, 3.63) is 17.7 Å². The van der Waals surface area contributed by atoms with Crippen LogP contribution < -0.4 is 19.5 Å². The van der Waals surface area contributed by atoms with Gasteiger partial charge in [0, 0.05) is 6.54 Å². The van der Waals surface area contributed by atoms with Crippen LogP contribution in [0.5, 0.6) is 17.2 Å². The second-order valence-corrected chi connectivity index (χ2v) is 4.96. The lowest BCUT2D eigenvalue weighted by atomic mass is 10.1. The number of ether oxygens (including phenoxy) is 3. The first-order chi connectivity index (χ1) is 9.67. The van der Waals surface area contributed by atoms with Crippen LogP contribution in [0.25, 0.3) is 0 Å². The smallest absolute Gasteiger partial charge is 0.224 e. The molecule has 0 aliphatic heterocycles. The fourth-order valence-corrected chi connectivity index (χ4v) is 2.07. The molecule has 0 heterocycles. The predicted molar refractivity (Wildman–Crippen MR) is 82.8 cm³/mol. The van der Waals surface area contributed by atoms with Crippen LogP contribution in [0.4, 0.5) is 0 Å². The van der Waals surface area contributed by atoms with E-state index in [1.54, 1.807) is 33.5 Å². The van der Waals surface area contributed by atoms with Crippen molar-refractivity contribution in [3.8, 4) is 17.2 Å². The Morgan fingerprint density at radius 1 is 1.14 bits per heavy atom. The number of amides is 1. The molecule has 0 saturated heterocycles. The molecule has 2 rings (SSSR count). The molecule has 1 aromatic carbocycles. The highest BCUT2D eigenvalue weighted by Crippen LogP contribution is 2.38. The average Bonchev–Trinajstić information content (AvgIpc) is 3.28. The van der Waals surface area contributed by atoms with Gasteiger partial charge in [0.15, 0.2) is 11.5 Å². The molecule has 1 aromatic rings. The molecule has 0 unspecified atom stereocenters. The number of hydrogen-bond acceptors (Lipinski definition) is 4. The Morgan fingerprint density at radius 3 is 2.14 bits per heavy atom. The standard InChI is InChI=1S/C15H21NO4.ClH/c1-18-12-6-11(7-13(19-2)15(12)20-3)8-14(17)16-9-10-4-5-10;/h6-7,10H,4-5,8-9H2,1-3H3,(H,16,17);1H. The van der Waals surface area contributed by atoms with Gasteiger partial charge in [-0.2, -0.15) is 0 Å². The van der Waals surface area contributed by atoms with Crippen molar-refractivity contribution in [2.45, 2.75) is 19.3 Å². The number of methoxy groups -OCH3 is 3. The third kappa shape index (κ3) is 4.70. The molecule has 1 amide bonds. The molecule has 1 N–H and O–H groups in total. The monoisotopic (exact) mass is 315 g/mol. The first-order valence-electron chi connectivity index (χ1n) is 6.73. The van der Waals surface area contributed by atoms with Gasteiger partial charge in [0.2, 0.25) is 11.7 Å². The minimum Gasteiger partial charge on any atom is -0.493 e. The van der Waals surface area contributed by atoms with Gasteiger partial charge in [0.05, 0.1) is 27.8 Å². The minimum absolute atomic E-state index is 0. The minimum atomic E-state index is 0. The van der Waals surface area contributed by atoms with Gasteiger partial charge in [-0.3, -0.25) is 4.79 Å². The maximum Gasteiger partial charge on any atom is 0.224 e. The molecule has 0 spiro atoms. The normalized spacial score (nSPS) is 13.1. The van der Waals surface area contributed by atoms with Gasteiger partial charge in [-0.15, -0.1) is 12.4 Å². The first kappa shape index (κ1) is 17.4. The summed E-state index contributed by atoms with van der Waals surface area (Å²) in [6, 6.07) is 3.61. The van der Waals surface area contributed by atoms with Crippen molar-refractivity contribution >= 4 is 18.3 Å². The van der Waals surface area contributed by atoms with Gasteiger partial charge in [-0.05, 0) is 36.5 Å². The molecule has 1 aliphatic carbocycles. The van der Waals surface area contributed by atoms with Crippen LogP contribution >= 0.6 is 12.4 Å². The molecule has 1 saturated carbocycles. The van der Waals surface area contributed by atoms with Crippen molar-refractivity contribution in [2.75, 3.05) is 27.9 Å². The summed E-state index contributed by atoms with van der Waals surface area (Å²) < 4.78 is 15.8. The summed E-state index contributed by atoms with van der Waals surface area (Å²) in [5.74, 6) is 2.37. The van der Waals surface area contributed by atoms with Gasteiger partial charge < -0.3 is 19.5 Å². The second-order valence-electron chi connectivity index (χ2n) is 4.96. The Kier molecular flexibility index (Phi) is 6.62. The number of hydrogen-bond donors (Lipinski definition) is 1. The molecule has 5 nitrogen and oxygen atoms in total. The SMILES string of the molecule is COc1cc(CC(=O)NCC2CC2)cc(OC)c1OC.Cl. The van der Waals surface area contributed by atoms with E-state index in [0.717, 1.165) is 12.1 Å². The lowest BCUT2D eigenvalue weighted by molar-refractivity contribution is -0.120. The number of carbonyl (C=O) groups is 1. The van der Waals surface area contributed by atoms with E-state index in [2.05, 4.69) is 5.32 Å². The Balaban J connectivity index is 0.00000220. The van der Waals surface area contributed by atoms with E-state index in [0.29, 0.717) is 29.6 Å². The van der Waals surface area contributed by atoms with Crippen molar-refractivity contribution in [3.63, 3.8) is 0 Å². The van der Waals surface area contributed by atoms with Crippen LogP contribution in [0.2, 0.25) is 0 Å². The zero-order valence-corrected chi connectivity index (χ0v) is 13.4. The van der Waals surface area contributed by atoms with Crippen LogP contribution in [0.3, 0.4) is 0 Å². The number of nitrogens with one attached hydrogen (secondary N) is 1. The molecule has 0 radical (unpaired) electrons. The average molecular weight is 316 g/mol. The third-order valence-corrected chi connectivity index (χ3v) is 3.37. The molecular weight excluding hydrogens is 294 g/mol. The molecule has 1 fully saturated rings. The number of benzene rings is 1. The molecular formula is C15H22ClNO4. The van der Waals surface area contributed by atoms with E-state index in [1.165, 1.54) is 12.8 Å². The lowest BCUT2D eigenvalue weighted by Crippen LogP contribution is -2.27. The predicted octanol–water partition coefficient (Wildman–Crippen LogP) is 2.20. The highest BCUT2D eigenvalue weighted by atomic mass is 35.5. The molecule has 6 heteroatoms. The quantitative estimate of drug-likeness (QED) is 0.838. The maximum atomic E-state index is 11.9. The van der Waals surface area contributed by atoms with E-state index in [4.69, 9.17) is 14.2 Å². The van der Waals surface area contributed by atoms with Crippen LogP contribution in [0.1, 0.15) is 18.4 Å². The Labute approximate surface area is 131 Å². The van der Waals surface area contributed by atoms with Gasteiger partial charge in [-0.25, -0.2) is 0 Å². The number of halogens is 1. The van der Waals surface area contributed by atoms with Crippen LogP contribution in [-0.2, 0) is 11.2 Å². The largest absolute Gasteiger partial charge is 0.493 e. The Morgan fingerprint density at radius 2 is 1.71 bits per heavy atom. The highest BCUT2D eigenvalue weighted by Gasteiger charge is 2.22. The fourth-order valence-electron chi connectivity index (χ4n) is 2.07. The Bertz CT molecular complexity index is 464. The Hall–Kier alpha value is -1.62. The summed E-state index contributed by atoms with van der Waals surface area (Å²) >= 11 is 0. The zero-order valence-electron chi connectivity index (χ0n) is 12.6. The van der Waals surface area contributed by atoms with Crippen molar-refractivity contribution in [1.82, 2.24) is 5.32 Å². The van der Waals surface area contributed by atoms with Gasteiger partial charge in [0.25, 0.3) is 0 Å². The van der Waals surface area contributed by atoms with Crippen molar-refractivity contribution in [1.29, 1.82) is 0 Å². The molecule has 0 atom stereocenters. The van der Waals surface area contributed by atoms with Crippen LogP contribution in [0.15, 0.2) is 12.1 Å². The summed E-state index contributed by atoms with van der Waals surface area (Å²) in [5.41, 5.74) is 0.841. The molecule has 118 valence electrons. The van der Waals surface area contributed by atoms with Crippen LogP contribution in [-0.4, -0.2) is 33.8 Å².